The molecule has 2 rings (SSSR count). The van der Waals surface area contributed by atoms with Crippen LogP contribution in [0, 0.1) is 5.92 Å². The third kappa shape index (κ3) is 4.37. The first-order chi connectivity index (χ1) is 8.75. The molecule has 1 aromatic rings. The van der Waals surface area contributed by atoms with Gasteiger partial charge in [-0.1, -0.05) is 68.0 Å². The van der Waals surface area contributed by atoms with Gasteiger partial charge in [-0.25, -0.2) is 0 Å². The minimum absolute atomic E-state index is 0.623. The molecule has 0 heterocycles. The molecule has 0 nitrogen and oxygen atoms in total. The summed E-state index contributed by atoms with van der Waals surface area (Å²) < 4.78 is 0. The number of rotatable bonds is 3. The lowest BCUT2D eigenvalue weighted by Gasteiger charge is -2.16. The van der Waals surface area contributed by atoms with Gasteiger partial charge >= 0.3 is 0 Å². The van der Waals surface area contributed by atoms with Gasteiger partial charge in [0.25, 0.3) is 0 Å². The molecule has 1 aromatic carbocycles. The van der Waals surface area contributed by atoms with Crippen LogP contribution in [-0.4, -0.2) is 0 Å². The van der Waals surface area contributed by atoms with Crippen LogP contribution in [0.1, 0.15) is 39.2 Å². The number of hydrogen-bond donors (Lipinski definition) is 0. The van der Waals surface area contributed by atoms with Crippen molar-refractivity contribution in [2.24, 2.45) is 5.92 Å². The molecule has 1 unspecified atom stereocenters. The van der Waals surface area contributed by atoms with Gasteiger partial charge in [0, 0.05) is 0 Å². The predicted octanol–water partition coefficient (Wildman–Crippen LogP) is 5.64. The van der Waals surface area contributed by atoms with Crippen LogP contribution < -0.4 is 0 Å². The Morgan fingerprint density at radius 1 is 1.22 bits per heavy atom. The van der Waals surface area contributed by atoms with E-state index < -0.39 is 0 Å². The van der Waals surface area contributed by atoms with Crippen molar-refractivity contribution in [3.05, 3.63) is 66.3 Å². The molecule has 1 aliphatic rings. The first-order valence-corrected chi connectivity index (χ1v) is 6.84. The summed E-state index contributed by atoms with van der Waals surface area (Å²) in [6.07, 6.45) is 9.12. The van der Waals surface area contributed by atoms with E-state index in [-0.39, 0.29) is 0 Å². The van der Waals surface area contributed by atoms with Gasteiger partial charge in [-0.15, -0.1) is 6.58 Å². The zero-order valence-corrected chi connectivity index (χ0v) is 11.8. The summed E-state index contributed by atoms with van der Waals surface area (Å²) in [6, 6.07) is 10.6. The van der Waals surface area contributed by atoms with Crippen LogP contribution in [0.2, 0.25) is 0 Å². The standard InChI is InChI=1S/C16H18.C2H6/c1-13(2)11-14-7-6-10-16(12-14)15-8-4-3-5-9-15;1-2/h3-6,8-10,12,14H,1,7,11H2,2H3;1-2H3. The van der Waals surface area contributed by atoms with Crippen LogP contribution >= 0.6 is 0 Å². The van der Waals surface area contributed by atoms with Gasteiger partial charge < -0.3 is 0 Å². The van der Waals surface area contributed by atoms with E-state index in [0.29, 0.717) is 5.92 Å². The molecule has 0 bridgehead atoms. The maximum absolute atomic E-state index is 3.99. The molecule has 0 saturated carbocycles. The van der Waals surface area contributed by atoms with E-state index in [1.807, 2.05) is 13.8 Å². The van der Waals surface area contributed by atoms with Gasteiger partial charge in [-0.3, -0.25) is 0 Å². The van der Waals surface area contributed by atoms with E-state index in [2.05, 4.69) is 62.1 Å². The first-order valence-electron chi connectivity index (χ1n) is 6.84. The van der Waals surface area contributed by atoms with Crippen LogP contribution in [0.25, 0.3) is 5.57 Å². The van der Waals surface area contributed by atoms with E-state index in [1.54, 1.807) is 0 Å². The molecule has 96 valence electrons. The molecule has 18 heavy (non-hydrogen) atoms. The third-order valence-electron chi connectivity index (χ3n) is 2.87. The topological polar surface area (TPSA) is 0 Å². The minimum atomic E-state index is 0.623. The Balaban J connectivity index is 0.000000771. The van der Waals surface area contributed by atoms with Gasteiger partial charge in [0.2, 0.25) is 0 Å². The predicted molar refractivity (Wildman–Crippen MR) is 82.4 cm³/mol. The maximum Gasteiger partial charge on any atom is -0.0153 e. The van der Waals surface area contributed by atoms with E-state index in [1.165, 1.54) is 16.7 Å². The number of hydrogen-bond acceptors (Lipinski definition) is 0. The second kappa shape index (κ2) is 7.71. The molecular formula is C18H24. The molecule has 0 aliphatic heterocycles. The molecule has 0 aromatic heterocycles. The van der Waals surface area contributed by atoms with E-state index in [0.717, 1.165) is 12.8 Å². The van der Waals surface area contributed by atoms with Crippen molar-refractivity contribution < 1.29 is 0 Å². The van der Waals surface area contributed by atoms with Gasteiger partial charge in [0.1, 0.15) is 0 Å². The quantitative estimate of drug-likeness (QED) is 0.600. The van der Waals surface area contributed by atoms with Crippen LogP contribution in [0.3, 0.4) is 0 Å². The number of allylic oxidation sites excluding steroid dienone is 5. The summed E-state index contributed by atoms with van der Waals surface area (Å²) in [6.45, 7) is 10.1. The van der Waals surface area contributed by atoms with Gasteiger partial charge in [0.15, 0.2) is 0 Å². The van der Waals surface area contributed by atoms with Crippen LogP contribution in [0.15, 0.2) is 60.7 Å². The van der Waals surface area contributed by atoms with Crippen molar-refractivity contribution in [2.75, 3.05) is 0 Å². The molecular weight excluding hydrogens is 216 g/mol. The van der Waals surface area contributed by atoms with E-state index in [4.69, 9.17) is 0 Å². The molecule has 1 atom stereocenters. The summed E-state index contributed by atoms with van der Waals surface area (Å²) in [5.74, 6) is 0.623. The molecule has 1 aliphatic carbocycles. The highest BCUT2D eigenvalue weighted by Gasteiger charge is 2.10. The normalized spacial score (nSPS) is 17.5. The first kappa shape index (κ1) is 14.5. The van der Waals surface area contributed by atoms with Gasteiger partial charge in [-0.2, -0.15) is 0 Å². The Labute approximate surface area is 112 Å². The zero-order chi connectivity index (χ0) is 13.4. The average molecular weight is 240 g/mol. The SMILES string of the molecule is C=C(C)CC1C=C(c2ccccc2)C=CC1.CC. The zero-order valence-electron chi connectivity index (χ0n) is 11.8. The lowest BCUT2D eigenvalue weighted by Crippen LogP contribution is -2.00. The van der Waals surface area contributed by atoms with E-state index >= 15 is 0 Å². The van der Waals surface area contributed by atoms with Crippen molar-refractivity contribution in [1.82, 2.24) is 0 Å². The fraction of sp³-hybridized carbons (Fsp3) is 0.333. The molecule has 0 N–H and O–H groups in total. The molecule has 0 radical (unpaired) electrons. The summed E-state index contributed by atoms with van der Waals surface area (Å²) in [4.78, 5) is 0. The number of benzene rings is 1. The van der Waals surface area contributed by atoms with Crippen LogP contribution in [0.4, 0.5) is 0 Å². The second-order valence-corrected chi connectivity index (χ2v) is 4.55. The monoisotopic (exact) mass is 240 g/mol. The largest absolute Gasteiger partial charge is 0.100 e. The smallest absolute Gasteiger partial charge is 0.0153 e. The van der Waals surface area contributed by atoms with Crippen LogP contribution in [-0.2, 0) is 0 Å². The fourth-order valence-corrected chi connectivity index (χ4v) is 2.16. The Bertz CT molecular complexity index is 421. The van der Waals surface area contributed by atoms with Gasteiger partial charge in [0.05, 0.1) is 0 Å². The maximum atomic E-state index is 3.99. The summed E-state index contributed by atoms with van der Waals surface area (Å²) in [5, 5.41) is 0. The van der Waals surface area contributed by atoms with Crippen LogP contribution in [0.5, 0.6) is 0 Å². The Morgan fingerprint density at radius 3 is 2.50 bits per heavy atom. The lowest BCUT2D eigenvalue weighted by molar-refractivity contribution is 0.652. The Kier molecular flexibility index (Phi) is 6.21. The highest BCUT2D eigenvalue weighted by Crippen LogP contribution is 2.27. The summed E-state index contributed by atoms with van der Waals surface area (Å²) in [5.41, 5.74) is 3.92. The second-order valence-electron chi connectivity index (χ2n) is 4.55. The highest BCUT2D eigenvalue weighted by molar-refractivity contribution is 5.74. The van der Waals surface area contributed by atoms with Gasteiger partial charge in [-0.05, 0) is 36.8 Å². The van der Waals surface area contributed by atoms with E-state index in [9.17, 15) is 0 Å². The Morgan fingerprint density at radius 2 is 1.89 bits per heavy atom. The van der Waals surface area contributed by atoms with Crippen molar-refractivity contribution in [3.8, 4) is 0 Å². The molecule has 0 saturated heterocycles. The minimum Gasteiger partial charge on any atom is -0.100 e. The average Bonchev–Trinajstić information content (AvgIpc) is 2.42. The van der Waals surface area contributed by atoms with Crippen molar-refractivity contribution in [3.63, 3.8) is 0 Å². The molecule has 0 fully saturated rings. The summed E-state index contributed by atoms with van der Waals surface area (Å²) in [7, 11) is 0. The molecule has 0 spiro atoms. The molecule has 0 amide bonds. The molecule has 0 heteroatoms. The Hall–Kier alpha value is -1.56. The highest BCUT2D eigenvalue weighted by atomic mass is 14.1. The third-order valence-corrected chi connectivity index (χ3v) is 2.87. The van der Waals surface area contributed by atoms with Crippen molar-refractivity contribution in [1.29, 1.82) is 0 Å². The lowest BCUT2D eigenvalue weighted by atomic mass is 9.89. The van der Waals surface area contributed by atoms with Crippen molar-refractivity contribution >= 4 is 5.57 Å². The summed E-state index contributed by atoms with van der Waals surface area (Å²) >= 11 is 0. The fourth-order valence-electron chi connectivity index (χ4n) is 2.16. The van der Waals surface area contributed by atoms with Crippen molar-refractivity contribution in [2.45, 2.75) is 33.6 Å².